The van der Waals surface area contributed by atoms with Crippen LogP contribution in [0.1, 0.15) is 24.8 Å². The van der Waals surface area contributed by atoms with E-state index in [0.717, 1.165) is 72.3 Å². The number of H-pyrrole nitrogens is 1. The van der Waals surface area contributed by atoms with Gasteiger partial charge in [-0.25, -0.2) is 4.98 Å². The Balaban J connectivity index is 1.22. The Morgan fingerprint density at radius 1 is 1.00 bits per heavy atom. The van der Waals surface area contributed by atoms with Crippen molar-refractivity contribution >= 4 is 27.8 Å². The molecule has 7 rings (SSSR count). The number of hydrogen-bond acceptors (Lipinski definition) is 3. The smallest absolute Gasteiger partial charge is 0.225 e. The number of benzene rings is 3. The maximum absolute atomic E-state index is 12.6. The van der Waals surface area contributed by atoms with Crippen molar-refractivity contribution in [2.45, 2.75) is 32.7 Å². The molecule has 1 aliphatic heterocycles. The fourth-order valence-corrected chi connectivity index (χ4v) is 5.72. The third-order valence-corrected chi connectivity index (χ3v) is 7.85. The minimum atomic E-state index is 0.295. The predicted molar refractivity (Wildman–Crippen MR) is 142 cm³/mol. The van der Waals surface area contributed by atoms with Gasteiger partial charge in [-0.15, -0.1) is 0 Å². The van der Waals surface area contributed by atoms with Gasteiger partial charge < -0.3 is 9.47 Å². The van der Waals surface area contributed by atoms with E-state index in [9.17, 15) is 4.79 Å². The maximum atomic E-state index is 12.6. The molecular formula is C30H29N5O. The summed E-state index contributed by atoms with van der Waals surface area (Å²) in [4.78, 5) is 19.8. The molecule has 0 radical (unpaired) electrons. The lowest BCUT2D eigenvalue weighted by molar-refractivity contribution is -0.131. The Kier molecular flexibility index (Phi) is 4.94. The Hall–Kier alpha value is -3.93. The van der Waals surface area contributed by atoms with Crippen molar-refractivity contribution in [1.82, 2.24) is 24.6 Å². The molecule has 36 heavy (non-hydrogen) atoms. The number of nitrogens with zero attached hydrogens (tertiary/aromatic N) is 4. The molecule has 1 N–H and O–H groups in total. The summed E-state index contributed by atoms with van der Waals surface area (Å²) < 4.78 is 2.39. The standard InChI is InChI=1S/C30H29N5O/c1-19-3-2-4-26-28(19)35(18-20-13-14-34(17-20)30(36)23-9-10-23)29(32-26)22-7-5-21(6-8-22)24-11-12-25-16-31-33-27(25)15-24/h2-8,11-12,15-16,20,23H,9-10,13-14,17-18H2,1H3,(H,31,33). The second-order valence-electron chi connectivity index (χ2n) is 10.5. The van der Waals surface area contributed by atoms with Crippen LogP contribution >= 0.6 is 0 Å². The Morgan fingerprint density at radius 3 is 2.64 bits per heavy atom. The van der Waals surface area contributed by atoms with Crippen molar-refractivity contribution in [1.29, 1.82) is 0 Å². The summed E-state index contributed by atoms with van der Waals surface area (Å²) >= 11 is 0. The summed E-state index contributed by atoms with van der Waals surface area (Å²) in [7, 11) is 0. The number of carbonyl (C=O) groups excluding carboxylic acids is 1. The lowest BCUT2D eigenvalue weighted by Gasteiger charge is -2.18. The number of para-hydroxylation sites is 1. The van der Waals surface area contributed by atoms with Crippen LogP contribution in [0.2, 0.25) is 0 Å². The van der Waals surface area contributed by atoms with Crippen LogP contribution in [-0.2, 0) is 11.3 Å². The summed E-state index contributed by atoms with van der Waals surface area (Å²) in [5.74, 6) is 2.11. The van der Waals surface area contributed by atoms with Gasteiger partial charge in [0.25, 0.3) is 0 Å². The number of imidazole rings is 1. The van der Waals surface area contributed by atoms with Crippen LogP contribution < -0.4 is 0 Å². The number of carbonyl (C=O) groups is 1. The molecule has 1 saturated heterocycles. The molecule has 0 bridgehead atoms. The molecule has 2 aliphatic rings. The lowest BCUT2D eigenvalue weighted by Crippen LogP contribution is -2.30. The summed E-state index contributed by atoms with van der Waals surface area (Å²) in [6.45, 7) is 4.78. The number of nitrogens with one attached hydrogen (secondary N) is 1. The second kappa shape index (κ2) is 8.33. The zero-order chi connectivity index (χ0) is 24.2. The van der Waals surface area contributed by atoms with Crippen LogP contribution in [0.3, 0.4) is 0 Å². The highest BCUT2D eigenvalue weighted by Gasteiger charge is 2.36. The highest BCUT2D eigenvalue weighted by Crippen LogP contribution is 2.35. The molecule has 1 atom stereocenters. The van der Waals surface area contributed by atoms with Gasteiger partial charge in [-0.3, -0.25) is 9.89 Å². The Morgan fingerprint density at radius 2 is 1.81 bits per heavy atom. The maximum Gasteiger partial charge on any atom is 0.225 e. The van der Waals surface area contributed by atoms with E-state index in [0.29, 0.717) is 17.7 Å². The van der Waals surface area contributed by atoms with Crippen LogP contribution in [0.4, 0.5) is 0 Å². The quantitative estimate of drug-likeness (QED) is 0.349. The first-order valence-corrected chi connectivity index (χ1v) is 12.9. The van der Waals surface area contributed by atoms with Gasteiger partial charge >= 0.3 is 0 Å². The minimum Gasteiger partial charge on any atom is -0.342 e. The number of aryl methyl sites for hydroxylation is 1. The molecule has 0 spiro atoms. The molecule has 1 saturated carbocycles. The van der Waals surface area contributed by atoms with Crippen molar-refractivity contribution in [2.75, 3.05) is 13.1 Å². The first kappa shape index (κ1) is 21.4. The van der Waals surface area contributed by atoms with E-state index in [2.05, 4.69) is 87.3 Å². The summed E-state index contributed by atoms with van der Waals surface area (Å²) in [6, 6.07) is 21.4. The van der Waals surface area contributed by atoms with E-state index < -0.39 is 0 Å². The molecule has 6 heteroatoms. The molecule has 180 valence electrons. The van der Waals surface area contributed by atoms with Crippen LogP contribution in [0.25, 0.3) is 44.5 Å². The van der Waals surface area contributed by atoms with Gasteiger partial charge in [0.15, 0.2) is 0 Å². The number of fused-ring (bicyclic) bond motifs is 2. The monoisotopic (exact) mass is 475 g/mol. The number of amides is 1. The number of aromatic amines is 1. The van der Waals surface area contributed by atoms with Crippen LogP contribution in [0.5, 0.6) is 0 Å². The highest BCUT2D eigenvalue weighted by atomic mass is 16.2. The number of rotatable bonds is 5. The lowest BCUT2D eigenvalue weighted by atomic mass is 10.0. The largest absolute Gasteiger partial charge is 0.342 e. The molecule has 1 unspecified atom stereocenters. The fraction of sp³-hybridized carbons (Fsp3) is 0.300. The van der Waals surface area contributed by atoms with Crippen molar-refractivity contribution in [3.05, 3.63) is 72.4 Å². The van der Waals surface area contributed by atoms with E-state index in [4.69, 9.17) is 4.98 Å². The van der Waals surface area contributed by atoms with Crippen LogP contribution in [0.15, 0.2) is 66.9 Å². The van der Waals surface area contributed by atoms with Gasteiger partial charge in [0.2, 0.25) is 5.91 Å². The summed E-state index contributed by atoms with van der Waals surface area (Å²) in [5.41, 5.74) is 7.95. The van der Waals surface area contributed by atoms with Gasteiger partial charge in [0.05, 0.1) is 22.7 Å². The van der Waals surface area contributed by atoms with Gasteiger partial charge in [0, 0.05) is 36.5 Å². The van der Waals surface area contributed by atoms with Gasteiger partial charge in [-0.1, -0.05) is 48.5 Å². The molecule has 1 aliphatic carbocycles. The first-order chi connectivity index (χ1) is 17.6. The van der Waals surface area contributed by atoms with E-state index in [1.807, 2.05) is 6.20 Å². The third kappa shape index (κ3) is 3.68. The van der Waals surface area contributed by atoms with E-state index in [1.165, 1.54) is 16.6 Å². The molecule has 1 amide bonds. The Bertz CT molecular complexity index is 1590. The second-order valence-corrected chi connectivity index (χ2v) is 10.5. The van der Waals surface area contributed by atoms with Crippen molar-refractivity contribution < 1.29 is 4.79 Å². The third-order valence-electron chi connectivity index (χ3n) is 7.85. The van der Waals surface area contributed by atoms with E-state index in [1.54, 1.807) is 0 Å². The van der Waals surface area contributed by atoms with E-state index in [-0.39, 0.29) is 0 Å². The molecule has 6 nitrogen and oxygen atoms in total. The average molecular weight is 476 g/mol. The van der Waals surface area contributed by atoms with Crippen molar-refractivity contribution in [3.63, 3.8) is 0 Å². The number of hydrogen-bond donors (Lipinski definition) is 1. The number of likely N-dealkylation sites (tertiary alicyclic amines) is 1. The Labute approximate surface area is 210 Å². The molecule has 2 fully saturated rings. The van der Waals surface area contributed by atoms with Gasteiger partial charge in [0.1, 0.15) is 5.82 Å². The molecule has 5 aromatic rings. The summed E-state index contributed by atoms with van der Waals surface area (Å²) in [6.07, 6.45) is 5.04. The predicted octanol–water partition coefficient (Wildman–Crippen LogP) is 5.81. The van der Waals surface area contributed by atoms with Crippen LogP contribution in [0, 0.1) is 18.8 Å². The molecule has 3 aromatic carbocycles. The minimum absolute atomic E-state index is 0.295. The molecule has 2 aromatic heterocycles. The topological polar surface area (TPSA) is 66.8 Å². The van der Waals surface area contributed by atoms with Crippen molar-refractivity contribution in [2.24, 2.45) is 11.8 Å². The van der Waals surface area contributed by atoms with Gasteiger partial charge in [-0.2, -0.15) is 5.10 Å². The number of aromatic nitrogens is 4. The first-order valence-electron chi connectivity index (χ1n) is 12.9. The zero-order valence-corrected chi connectivity index (χ0v) is 20.4. The zero-order valence-electron chi connectivity index (χ0n) is 20.4. The molecule has 3 heterocycles. The van der Waals surface area contributed by atoms with Gasteiger partial charge in [-0.05, 0) is 60.9 Å². The summed E-state index contributed by atoms with van der Waals surface area (Å²) in [5, 5.41) is 8.31. The van der Waals surface area contributed by atoms with Crippen molar-refractivity contribution in [3.8, 4) is 22.5 Å². The average Bonchev–Trinajstić information content (AvgIpc) is 3.29. The van der Waals surface area contributed by atoms with E-state index >= 15 is 0 Å². The SMILES string of the molecule is Cc1cccc2nc(-c3ccc(-c4ccc5cn[nH]c5c4)cc3)n(CC3CCN(C(=O)C4CC4)C3)c12. The fourth-order valence-electron chi connectivity index (χ4n) is 5.72. The molecular weight excluding hydrogens is 446 g/mol. The van der Waals surface area contributed by atoms with Crippen LogP contribution in [-0.4, -0.2) is 43.6 Å². The highest BCUT2D eigenvalue weighted by molar-refractivity contribution is 5.86. The normalized spacial score (nSPS) is 17.9.